The summed E-state index contributed by atoms with van der Waals surface area (Å²) in [6, 6.07) is 20.9. The molecular formula is C20H22N2. The van der Waals surface area contributed by atoms with Gasteiger partial charge in [0.05, 0.1) is 11.4 Å². The van der Waals surface area contributed by atoms with Crippen LogP contribution in [0.5, 0.6) is 0 Å². The Morgan fingerprint density at radius 3 is 2.09 bits per heavy atom. The van der Waals surface area contributed by atoms with Gasteiger partial charge in [-0.3, -0.25) is 0 Å². The molecule has 0 saturated carbocycles. The summed E-state index contributed by atoms with van der Waals surface area (Å²) in [6.07, 6.45) is 4.69. The first-order chi connectivity index (χ1) is 10.9. The van der Waals surface area contributed by atoms with Gasteiger partial charge in [-0.2, -0.15) is 0 Å². The molecule has 1 N–H and O–H groups in total. The van der Waals surface area contributed by atoms with Crippen molar-refractivity contribution in [3.8, 4) is 22.5 Å². The topological polar surface area (TPSA) is 28.7 Å². The lowest BCUT2D eigenvalue weighted by Gasteiger charge is -2.02. The number of nitrogens with one attached hydrogen (secondary N) is 1. The summed E-state index contributed by atoms with van der Waals surface area (Å²) in [7, 11) is 0. The molecular weight excluding hydrogens is 268 g/mol. The third-order valence-corrected chi connectivity index (χ3v) is 3.88. The molecule has 0 fully saturated rings. The maximum atomic E-state index is 4.87. The lowest BCUT2D eigenvalue weighted by atomic mass is 10.1. The second kappa shape index (κ2) is 7.08. The fraction of sp³-hybridized carbons (Fsp3) is 0.250. The Balaban J connectivity index is 1.99. The molecule has 0 aliphatic heterocycles. The van der Waals surface area contributed by atoms with Crippen LogP contribution >= 0.6 is 0 Å². The molecule has 0 radical (unpaired) electrons. The molecule has 1 heterocycles. The van der Waals surface area contributed by atoms with Crippen molar-refractivity contribution in [2.24, 2.45) is 0 Å². The van der Waals surface area contributed by atoms with E-state index in [2.05, 4.69) is 60.4 Å². The normalized spacial score (nSPS) is 10.8. The number of H-pyrrole nitrogens is 1. The van der Waals surface area contributed by atoms with E-state index in [-0.39, 0.29) is 0 Å². The van der Waals surface area contributed by atoms with Gasteiger partial charge in [0.15, 0.2) is 0 Å². The molecule has 0 amide bonds. The fourth-order valence-corrected chi connectivity index (χ4v) is 2.70. The molecule has 0 saturated heterocycles. The van der Waals surface area contributed by atoms with E-state index in [0.717, 1.165) is 23.6 Å². The van der Waals surface area contributed by atoms with E-state index in [9.17, 15) is 0 Å². The Bertz CT molecular complexity index is 642. The summed E-state index contributed by atoms with van der Waals surface area (Å²) >= 11 is 0. The summed E-state index contributed by atoms with van der Waals surface area (Å²) in [5.74, 6) is 1.09. The summed E-state index contributed by atoms with van der Waals surface area (Å²) in [5.41, 5.74) is 4.53. The molecule has 0 aliphatic rings. The Hall–Kier alpha value is -2.35. The van der Waals surface area contributed by atoms with E-state index in [1.54, 1.807) is 0 Å². The van der Waals surface area contributed by atoms with Gasteiger partial charge < -0.3 is 4.98 Å². The SMILES string of the molecule is CCCCCc1nc(-c2ccccc2)c(-c2ccccc2)[nH]1. The number of benzene rings is 2. The van der Waals surface area contributed by atoms with Gasteiger partial charge in [-0.05, 0) is 6.42 Å². The van der Waals surface area contributed by atoms with E-state index >= 15 is 0 Å². The van der Waals surface area contributed by atoms with E-state index in [1.807, 2.05) is 12.1 Å². The number of unbranched alkanes of at least 4 members (excludes halogenated alkanes) is 2. The Morgan fingerprint density at radius 2 is 1.45 bits per heavy atom. The average molecular weight is 290 g/mol. The third kappa shape index (κ3) is 3.28. The van der Waals surface area contributed by atoms with E-state index < -0.39 is 0 Å². The minimum atomic E-state index is 1.01. The molecule has 0 unspecified atom stereocenters. The molecule has 1 aromatic heterocycles. The number of hydrogen-bond acceptors (Lipinski definition) is 1. The van der Waals surface area contributed by atoms with Crippen LogP contribution in [-0.4, -0.2) is 9.97 Å². The standard InChI is InChI=1S/C20H22N2/c1-2-3-6-15-18-21-19(16-11-7-4-8-12-16)20(22-18)17-13-9-5-10-14-17/h4-5,7-14H,2-3,6,15H2,1H3,(H,21,22). The summed E-state index contributed by atoms with van der Waals surface area (Å²) in [4.78, 5) is 8.42. The van der Waals surface area contributed by atoms with Gasteiger partial charge in [0, 0.05) is 17.5 Å². The molecule has 2 aromatic carbocycles. The maximum absolute atomic E-state index is 4.87. The van der Waals surface area contributed by atoms with Gasteiger partial charge in [0.25, 0.3) is 0 Å². The van der Waals surface area contributed by atoms with Crippen LogP contribution in [0.3, 0.4) is 0 Å². The summed E-state index contributed by atoms with van der Waals surface area (Å²) in [6.45, 7) is 2.23. The van der Waals surface area contributed by atoms with E-state index in [0.29, 0.717) is 0 Å². The van der Waals surface area contributed by atoms with Gasteiger partial charge in [-0.25, -0.2) is 4.98 Å². The zero-order valence-corrected chi connectivity index (χ0v) is 13.0. The largest absolute Gasteiger partial charge is 0.341 e. The lowest BCUT2D eigenvalue weighted by molar-refractivity contribution is 0.699. The molecule has 2 heteroatoms. The Morgan fingerprint density at radius 1 is 0.818 bits per heavy atom. The van der Waals surface area contributed by atoms with Crippen molar-refractivity contribution in [1.82, 2.24) is 9.97 Å². The highest BCUT2D eigenvalue weighted by Crippen LogP contribution is 2.30. The quantitative estimate of drug-likeness (QED) is 0.599. The molecule has 2 nitrogen and oxygen atoms in total. The number of nitrogens with zero attached hydrogens (tertiary/aromatic N) is 1. The maximum Gasteiger partial charge on any atom is 0.107 e. The van der Waals surface area contributed by atoms with E-state index in [4.69, 9.17) is 4.98 Å². The molecule has 3 aromatic rings. The number of aromatic amines is 1. The first kappa shape index (κ1) is 14.6. The molecule has 3 rings (SSSR count). The van der Waals surface area contributed by atoms with Gasteiger partial charge in [-0.15, -0.1) is 0 Å². The van der Waals surface area contributed by atoms with Crippen LogP contribution in [0.1, 0.15) is 32.0 Å². The van der Waals surface area contributed by atoms with Gasteiger partial charge in [-0.1, -0.05) is 80.4 Å². The van der Waals surface area contributed by atoms with Crippen LogP contribution in [0.25, 0.3) is 22.5 Å². The zero-order chi connectivity index (χ0) is 15.2. The molecule has 0 spiro atoms. The molecule has 22 heavy (non-hydrogen) atoms. The van der Waals surface area contributed by atoms with Gasteiger partial charge in [0.1, 0.15) is 5.82 Å². The predicted octanol–water partition coefficient (Wildman–Crippen LogP) is 5.48. The van der Waals surface area contributed by atoms with Gasteiger partial charge >= 0.3 is 0 Å². The summed E-state index contributed by atoms with van der Waals surface area (Å²) in [5, 5.41) is 0. The Labute approximate surface area is 132 Å². The molecule has 0 atom stereocenters. The van der Waals surface area contributed by atoms with Crippen molar-refractivity contribution < 1.29 is 0 Å². The lowest BCUT2D eigenvalue weighted by Crippen LogP contribution is -1.88. The Kier molecular flexibility index (Phi) is 4.69. The van der Waals surface area contributed by atoms with E-state index in [1.165, 1.54) is 30.4 Å². The van der Waals surface area contributed by atoms with Crippen molar-refractivity contribution in [2.45, 2.75) is 32.6 Å². The minimum absolute atomic E-state index is 1.01. The number of aryl methyl sites for hydroxylation is 1. The van der Waals surface area contributed by atoms with Crippen molar-refractivity contribution in [2.75, 3.05) is 0 Å². The zero-order valence-electron chi connectivity index (χ0n) is 13.0. The number of aromatic nitrogens is 2. The minimum Gasteiger partial charge on any atom is -0.341 e. The monoisotopic (exact) mass is 290 g/mol. The smallest absolute Gasteiger partial charge is 0.107 e. The van der Waals surface area contributed by atoms with Crippen LogP contribution in [0, 0.1) is 0 Å². The molecule has 0 aliphatic carbocycles. The number of rotatable bonds is 6. The second-order valence-electron chi connectivity index (χ2n) is 5.60. The van der Waals surface area contributed by atoms with Crippen LogP contribution in [-0.2, 0) is 6.42 Å². The van der Waals surface area contributed by atoms with Crippen LogP contribution in [0.4, 0.5) is 0 Å². The van der Waals surface area contributed by atoms with Crippen molar-refractivity contribution in [3.05, 3.63) is 66.5 Å². The molecule has 112 valence electrons. The van der Waals surface area contributed by atoms with Crippen LogP contribution in [0.2, 0.25) is 0 Å². The highest BCUT2D eigenvalue weighted by molar-refractivity contribution is 5.78. The number of imidazole rings is 1. The number of hydrogen-bond donors (Lipinski definition) is 1. The predicted molar refractivity (Wildman–Crippen MR) is 92.7 cm³/mol. The third-order valence-electron chi connectivity index (χ3n) is 3.88. The highest BCUT2D eigenvalue weighted by atomic mass is 14.9. The van der Waals surface area contributed by atoms with Gasteiger partial charge in [0.2, 0.25) is 0 Å². The molecule has 0 bridgehead atoms. The first-order valence-corrected chi connectivity index (χ1v) is 8.08. The van der Waals surface area contributed by atoms with Crippen LogP contribution < -0.4 is 0 Å². The van der Waals surface area contributed by atoms with Crippen molar-refractivity contribution in [3.63, 3.8) is 0 Å². The first-order valence-electron chi connectivity index (χ1n) is 8.08. The van der Waals surface area contributed by atoms with Crippen LogP contribution in [0.15, 0.2) is 60.7 Å². The fourth-order valence-electron chi connectivity index (χ4n) is 2.70. The highest BCUT2D eigenvalue weighted by Gasteiger charge is 2.13. The summed E-state index contributed by atoms with van der Waals surface area (Å²) < 4.78 is 0. The average Bonchev–Trinajstić information content (AvgIpc) is 3.01. The van der Waals surface area contributed by atoms with Crippen molar-refractivity contribution >= 4 is 0 Å². The second-order valence-corrected chi connectivity index (χ2v) is 5.60. The van der Waals surface area contributed by atoms with Crippen molar-refractivity contribution in [1.29, 1.82) is 0 Å².